The Morgan fingerprint density at radius 1 is 0.875 bits per heavy atom. The van der Waals surface area contributed by atoms with Crippen molar-refractivity contribution in [2.24, 2.45) is 0 Å². The van der Waals surface area contributed by atoms with E-state index in [1.54, 1.807) is 47.4 Å². The third kappa shape index (κ3) is 9.54. The van der Waals surface area contributed by atoms with Crippen LogP contribution in [-0.2, 0) is 32.6 Å². The number of nitrogens with zero attached hydrogens (tertiary/aromatic N) is 2. The fourth-order valence-electron chi connectivity index (χ4n) is 4.38. The Balaban J connectivity index is 1.87. The van der Waals surface area contributed by atoms with Gasteiger partial charge < -0.3 is 10.2 Å². The summed E-state index contributed by atoms with van der Waals surface area (Å²) in [4.78, 5) is 28.8. The van der Waals surface area contributed by atoms with Crippen molar-refractivity contribution < 1.29 is 18.0 Å². The van der Waals surface area contributed by atoms with Crippen LogP contribution in [0, 0.1) is 0 Å². The topological polar surface area (TPSA) is 86.8 Å². The standard InChI is InChI=1S/C30H35Cl2N3O4S/c1-22(2)33-30(37)28(20-23-9-5-4-6-10-23)34(21-24-11-7-12-26(32)19-24)29(36)13-8-18-35(40(3,38)39)27-16-14-25(31)15-17-27/h4-7,9-12,14-17,19,22,28H,8,13,18,20-21H2,1-3H3,(H,33,37)/t28-/m0/s1. The molecule has 3 aromatic carbocycles. The fraction of sp³-hybridized carbons (Fsp3) is 0.333. The van der Waals surface area contributed by atoms with E-state index in [9.17, 15) is 18.0 Å². The molecule has 0 saturated carbocycles. The van der Waals surface area contributed by atoms with Crippen LogP contribution in [0.1, 0.15) is 37.8 Å². The number of anilines is 1. The zero-order chi connectivity index (χ0) is 29.3. The highest BCUT2D eigenvalue weighted by Gasteiger charge is 2.31. The molecule has 1 atom stereocenters. The summed E-state index contributed by atoms with van der Waals surface area (Å²) in [6.07, 6.45) is 1.75. The summed E-state index contributed by atoms with van der Waals surface area (Å²) in [5.74, 6) is -0.516. The molecule has 1 N–H and O–H groups in total. The molecule has 3 aromatic rings. The smallest absolute Gasteiger partial charge is 0.243 e. The number of sulfonamides is 1. The maximum absolute atomic E-state index is 13.8. The van der Waals surface area contributed by atoms with Gasteiger partial charge in [0.25, 0.3) is 0 Å². The third-order valence-electron chi connectivity index (χ3n) is 6.21. The molecule has 0 spiro atoms. The molecule has 0 aliphatic rings. The molecule has 40 heavy (non-hydrogen) atoms. The molecule has 0 fully saturated rings. The van der Waals surface area contributed by atoms with Gasteiger partial charge in [-0.05, 0) is 67.8 Å². The second kappa shape index (κ2) is 14.5. The van der Waals surface area contributed by atoms with Gasteiger partial charge in [0.05, 0.1) is 11.9 Å². The number of benzene rings is 3. The van der Waals surface area contributed by atoms with E-state index in [-0.39, 0.29) is 43.8 Å². The van der Waals surface area contributed by atoms with Crippen molar-refractivity contribution in [3.8, 4) is 0 Å². The number of halogens is 2. The molecule has 0 saturated heterocycles. The summed E-state index contributed by atoms with van der Waals surface area (Å²) in [5.41, 5.74) is 2.17. The molecule has 2 amide bonds. The van der Waals surface area contributed by atoms with Crippen LogP contribution in [0.15, 0.2) is 78.9 Å². The molecule has 0 radical (unpaired) electrons. The summed E-state index contributed by atoms with van der Waals surface area (Å²) < 4.78 is 26.3. The summed E-state index contributed by atoms with van der Waals surface area (Å²) in [6, 6.07) is 22.3. The Labute approximate surface area is 247 Å². The highest BCUT2D eigenvalue weighted by Crippen LogP contribution is 2.22. The van der Waals surface area contributed by atoms with Crippen molar-refractivity contribution in [1.82, 2.24) is 10.2 Å². The van der Waals surface area contributed by atoms with Crippen LogP contribution in [0.5, 0.6) is 0 Å². The van der Waals surface area contributed by atoms with Crippen LogP contribution in [-0.4, -0.2) is 50.0 Å². The van der Waals surface area contributed by atoms with Crippen LogP contribution in [0.3, 0.4) is 0 Å². The van der Waals surface area contributed by atoms with Crippen molar-refractivity contribution in [2.45, 2.75) is 51.7 Å². The maximum atomic E-state index is 13.8. The first-order valence-corrected chi connectivity index (χ1v) is 15.7. The second-order valence-corrected chi connectivity index (χ2v) is 12.7. The van der Waals surface area contributed by atoms with Gasteiger partial charge in [-0.25, -0.2) is 8.42 Å². The van der Waals surface area contributed by atoms with Gasteiger partial charge in [0, 0.05) is 42.0 Å². The lowest BCUT2D eigenvalue weighted by Crippen LogP contribution is -2.51. The Bertz CT molecular complexity index is 1380. The molecule has 0 bridgehead atoms. The predicted molar refractivity (Wildman–Crippen MR) is 162 cm³/mol. The first-order chi connectivity index (χ1) is 18.9. The summed E-state index contributed by atoms with van der Waals surface area (Å²) in [7, 11) is -3.60. The molecule has 0 heterocycles. The lowest BCUT2D eigenvalue weighted by molar-refractivity contribution is -0.141. The first-order valence-electron chi connectivity index (χ1n) is 13.1. The van der Waals surface area contributed by atoms with Crippen LogP contribution in [0.25, 0.3) is 0 Å². The van der Waals surface area contributed by atoms with Crippen LogP contribution < -0.4 is 9.62 Å². The Kier molecular flexibility index (Phi) is 11.4. The van der Waals surface area contributed by atoms with E-state index in [2.05, 4.69) is 5.32 Å². The zero-order valence-electron chi connectivity index (χ0n) is 22.9. The number of rotatable bonds is 13. The van der Waals surface area contributed by atoms with E-state index in [4.69, 9.17) is 23.2 Å². The van der Waals surface area contributed by atoms with Gasteiger partial charge in [0.15, 0.2) is 0 Å². The average molecular weight is 605 g/mol. The van der Waals surface area contributed by atoms with Crippen molar-refractivity contribution in [1.29, 1.82) is 0 Å². The van der Waals surface area contributed by atoms with Gasteiger partial charge in [-0.15, -0.1) is 0 Å². The van der Waals surface area contributed by atoms with E-state index in [0.29, 0.717) is 22.2 Å². The fourth-order valence-corrected chi connectivity index (χ4v) is 5.68. The van der Waals surface area contributed by atoms with Crippen molar-refractivity contribution in [3.63, 3.8) is 0 Å². The maximum Gasteiger partial charge on any atom is 0.243 e. The van der Waals surface area contributed by atoms with Crippen LogP contribution in [0.2, 0.25) is 10.0 Å². The SMILES string of the molecule is CC(C)NC(=O)[C@H](Cc1ccccc1)N(Cc1cccc(Cl)c1)C(=O)CCCN(c1ccc(Cl)cc1)S(C)(=O)=O. The minimum Gasteiger partial charge on any atom is -0.352 e. The molecule has 10 heteroatoms. The highest BCUT2D eigenvalue weighted by molar-refractivity contribution is 7.92. The number of amides is 2. The van der Waals surface area contributed by atoms with Crippen molar-refractivity contribution in [3.05, 3.63) is 100 Å². The molecule has 0 aromatic heterocycles. The number of carbonyl (C=O) groups is 2. The number of nitrogens with one attached hydrogen (secondary N) is 1. The van der Waals surface area contributed by atoms with Crippen molar-refractivity contribution in [2.75, 3.05) is 17.1 Å². The summed E-state index contributed by atoms with van der Waals surface area (Å²) in [6.45, 7) is 4.02. The molecule has 0 aliphatic heterocycles. The molecule has 3 rings (SSSR count). The van der Waals surface area contributed by atoms with Gasteiger partial charge in [-0.2, -0.15) is 0 Å². The quantitative estimate of drug-likeness (QED) is 0.271. The lowest BCUT2D eigenvalue weighted by Gasteiger charge is -2.32. The zero-order valence-corrected chi connectivity index (χ0v) is 25.2. The van der Waals surface area contributed by atoms with E-state index in [0.717, 1.165) is 17.4 Å². The van der Waals surface area contributed by atoms with Gasteiger partial charge in [0.2, 0.25) is 21.8 Å². The largest absolute Gasteiger partial charge is 0.352 e. The molecule has 214 valence electrons. The molecular formula is C30H35Cl2N3O4S. The normalized spacial score (nSPS) is 12.2. The molecule has 0 aliphatic carbocycles. The molecule has 0 unspecified atom stereocenters. The van der Waals surface area contributed by atoms with E-state index >= 15 is 0 Å². The van der Waals surface area contributed by atoms with Gasteiger partial charge >= 0.3 is 0 Å². The minimum atomic E-state index is -3.60. The third-order valence-corrected chi connectivity index (χ3v) is 7.89. The van der Waals surface area contributed by atoms with E-state index in [1.165, 1.54) is 4.31 Å². The lowest BCUT2D eigenvalue weighted by atomic mass is 10.0. The van der Waals surface area contributed by atoms with Crippen LogP contribution in [0.4, 0.5) is 5.69 Å². The summed E-state index contributed by atoms with van der Waals surface area (Å²) in [5, 5.41) is 3.98. The highest BCUT2D eigenvalue weighted by atomic mass is 35.5. The molecular weight excluding hydrogens is 569 g/mol. The van der Waals surface area contributed by atoms with Crippen LogP contribution >= 0.6 is 23.2 Å². The minimum absolute atomic E-state index is 0.0421. The second-order valence-electron chi connectivity index (χ2n) is 9.94. The van der Waals surface area contributed by atoms with Crippen molar-refractivity contribution >= 4 is 50.7 Å². The molecule has 7 nitrogen and oxygen atoms in total. The van der Waals surface area contributed by atoms with E-state index < -0.39 is 16.1 Å². The predicted octanol–water partition coefficient (Wildman–Crippen LogP) is 5.70. The Morgan fingerprint density at radius 2 is 1.52 bits per heavy atom. The Morgan fingerprint density at radius 3 is 2.12 bits per heavy atom. The number of hydrogen-bond donors (Lipinski definition) is 1. The van der Waals surface area contributed by atoms with Gasteiger partial charge in [-0.3, -0.25) is 13.9 Å². The van der Waals surface area contributed by atoms with Gasteiger partial charge in [0.1, 0.15) is 6.04 Å². The summed E-state index contributed by atoms with van der Waals surface area (Å²) >= 11 is 12.2. The van der Waals surface area contributed by atoms with Gasteiger partial charge in [-0.1, -0.05) is 65.7 Å². The number of hydrogen-bond acceptors (Lipinski definition) is 4. The first kappa shape index (κ1) is 31.5. The van der Waals surface area contributed by atoms with E-state index in [1.807, 2.05) is 50.2 Å². The number of carbonyl (C=O) groups excluding carboxylic acids is 2. The Hall–Kier alpha value is -3.07. The monoisotopic (exact) mass is 603 g/mol. The average Bonchev–Trinajstić information content (AvgIpc) is 2.89.